The first-order valence-corrected chi connectivity index (χ1v) is 11.7. The fourth-order valence-corrected chi connectivity index (χ4v) is 4.12. The molecule has 1 fully saturated rings. The Morgan fingerprint density at radius 1 is 1.09 bits per heavy atom. The molecule has 0 spiro atoms. The smallest absolute Gasteiger partial charge is 0.240 e. The number of hydrogen-bond acceptors (Lipinski definition) is 6. The number of para-hydroxylation sites is 1. The number of ether oxygens (including phenoxy) is 1. The fraction of sp³-hybridized carbons (Fsp3) is 0.120. The van der Waals surface area contributed by atoms with E-state index in [4.69, 9.17) is 16.3 Å². The van der Waals surface area contributed by atoms with E-state index < -0.39 is 5.25 Å². The Morgan fingerprint density at radius 2 is 1.88 bits per heavy atom. The number of halogens is 1. The topological polar surface area (TPSA) is 92.2 Å². The van der Waals surface area contributed by atoms with Gasteiger partial charge in [0.05, 0.1) is 6.21 Å². The van der Waals surface area contributed by atoms with Gasteiger partial charge >= 0.3 is 0 Å². The number of nitrogens with zero attached hydrogens (tertiary/aromatic N) is 2. The van der Waals surface area contributed by atoms with E-state index >= 15 is 0 Å². The van der Waals surface area contributed by atoms with Crippen LogP contribution in [-0.2, 0) is 16.2 Å². The Bertz CT molecular complexity index is 1220. The molecule has 7 nitrogen and oxygen atoms in total. The number of thioether (sulfide) groups is 1. The highest BCUT2D eigenvalue weighted by atomic mass is 35.5. The second-order valence-electron chi connectivity index (χ2n) is 7.35. The molecule has 1 atom stereocenters. The summed E-state index contributed by atoms with van der Waals surface area (Å²) in [6.07, 6.45) is 1.62. The summed E-state index contributed by atoms with van der Waals surface area (Å²) in [6.45, 7) is 0.419. The lowest BCUT2D eigenvalue weighted by molar-refractivity contribution is -0.122. The third-order valence-electron chi connectivity index (χ3n) is 4.74. The zero-order valence-electron chi connectivity index (χ0n) is 18.0. The number of nitrogens with one attached hydrogen (secondary N) is 2. The Hall–Kier alpha value is -3.62. The van der Waals surface area contributed by atoms with Crippen LogP contribution in [0.5, 0.6) is 5.75 Å². The quantitative estimate of drug-likeness (QED) is 0.346. The highest BCUT2D eigenvalue weighted by Gasteiger charge is 2.32. The van der Waals surface area contributed by atoms with Crippen LogP contribution in [0.1, 0.15) is 17.5 Å². The van der Waals surface area contributed by atoms with Gasteiger partial charge in [-0.2, -0.15) is 5.10 Å². The lowest BCUT2D eigenvalue weighted by Gasteiger charge is -2.07. The molecule has 172 valence electrons. The predicted octanol–water partition coefficient (Wildman–Crippen LogP) is 4.87. The van der Waals surface area contributed by atoms with Crippen molar-refractivity contribution in [1.82, 2.24) is 5.32 Å². The summed E-state index contributed by atoms with van der Waals surface area (Å²) >= 11 is 7.09. The van der Waals surface area contributed by atoms with Gasteiger partial charge in [-0.1, -0.05) is 65.8 Å². The molecule has 9 heteroatoms. The fourth-order valence-electron chi connectivity index (χ4n) is 3.07. The number of carbonyl (C=O) groups is 2. The molecule has 3 aromatic rings. The Labute approximate surface area is 206 Å². The van der Waals surface area contributed by atoms with Crippen LogP contribution in [0, 0.1) is 0 Å². The van der Waals surface area contributed by atoms with Crippen molar-refractivity contribution in [3.8, 4) is 5.75 Å². The van der Waals surface area contributed by atoms with Crippen LogP contribution in [0.3, 0.4) is 0 Å². The van der Waals surface area contributed by atoms with Crippen molar-refractivity contribution in [2.24, 2.45) is 10.2 Å². The van der Waals surface area contributed by atoms with Gasteiger partial charge in [-0.15, -0.1) is 5.10 Å². The van der Waals surface area contributed by atoms with E-state index in [0.29, 0.717) is 28.2 Å². The van der Waals surface area contributed by atoms with Crippen LogP contribution >= 0.6 is 23.4 Å². The van der Waals surface area contributed by atoms with Crippen molar-refractivity contribution < 1.29 is 14.3 Å². The summed E-state index contributed by atoms with van der Waals surface area (Å²) in [7, 11) is 0. The largest absolute Gasteiger partial charge is 0.489 e. The molecule has 1 saturated heterocycles. The Kier molecular flexibility index (Phi) is 7.95. The van der Waals surface area contributed by atoms with Crippen molar-refractivity contribution in [2.75, 3.05) is 5.32 Å². The molecule has 1 aliphatic rings. The van der Waals surface area contributed by atoms with Crippen LogP contribution in [0.15, 0.2) is 89.1 Å². The first kappa shape index (κ1) is 23.5. The van der Waals surface area contributed by atoms with Gasteiger partial charge in [-0.25, -0.2) is 0 Å². The van der Waals surface area contributed by atoms with Crippen molar-refractivity contribution in [2.45, 2.75) is 18.3 Å². The molecule has 0 saturated carbocycles. The molecule has 2 N–H and O–H groups in total. The molecule has 1 aliphatic heterocycles. The van der Waals surface area contributed by atoms with Crippen molar-refractivity contribution in [1.29, 1.82) is 0 Å². The summed E-state index contributed by atoms with van der Waals surface area (Å²) in [5.41, 5.74) is 2.50. The summed E-state index contributed by atoms with van der Waals surface area (Å²) < 4.78 is 5.82. The van der Waals surface area contributed by atoms with Crippen LogP contribution in [0.4, 0.5) is 5.69 Å². The van der Waals surface area contributed by atoms with Crippen LogP contribution in [0.25, 0.3) is 0 Å². The lowest BCUT2D eigenvalue weighted by atomic mass is 10.2. The van der Waals surface area contributed by atoms with Gasteiger partial charge in [0, 0.05) is 17.1 Å². The number of anilines is 1. The molecule has 34 heavy (non-hydrogen) atoms. The molecule has 0 radical (unpaired) electrons. The van der Waals surface area contributed by atoms with Crippen LogP contribution in [-0.4, -0.2) is 28.4 Å². The van der Waals surface area contributed by atoms with Crippen molar-refractivity contribution >= 4 is 52.2 Å². The third-order valence-corrected chi connectivity index (χ3v) is 6.06. The van der Waals surface area contributed by atoms with Gasteiger partial charge in [0.15, 0.2) is 5.17 Å². The maximum Gasteiger partial charge on any atom is 0.240 e. The van der Waals surface area contributed by atoms with Gasteiger partial charge in [-0.05, 0) is 47.5 Å². The van der Waals surface area contributed by atoms with Crippen LogP contribution in [0.2, 0.25) is 5.02 Å². The maximum atomic E-state index is 12.2. The number of hydrogen-bond donors (Lipinski definition) is 2. The normalized spacial score (nSPS) is 16.6. The number of rotatable bonds is 8. The first-order chi connectivity index (χ1) is 16.5. The Morgan fingerprint density at radius 3 is 2.68 bits per heavy atom. The van der Waals surface area contributed by atoms with Crippen LogP contribution < -0.4 is 15.4 Å². The molecule has 2 amide bonds. The maximum absolute atomic E-state index is 12.2. The van der Waals surface area contributed by atoms with Gasteiger partial charge in [0.25, 0.3) is 0 Å². The SMILES string of the molecule is O=C(C[C@H]1S/C(=N\N=C/c2cccc(OCc3ccc(Cl)cc3)c2)NC1=O)Nc1ccccc1. The summed E-state index contributed by atoms with van der Waals surface area (Å²) in [4.78, 5) is 24.4. The molecular weight excluding hydrogens is 472 g/mol. The van der Waals surface area contributed by atoms with Gasteiger partial charge in [0.1, 0.15) is 17.6 Å². The summed E-state index contributed by atoms with van der Waals surface area (Å²) in [5.74, 6) is 0.193. The number of amidine groups is 1. The molecule has 0 aromatic heterocycles. The average molecular weight is 493 g/mol. The minimum absolute atomic E-state index is 0.0428. The average Bonchev–Trinajstić information content (AvgIpc) is 3.18. The molecular formula is C25H21ClN4O3S. The number of amides is 2. The second kappa shape index (κ2) is 11.5. The van der Waals surface area contributed by atoms with E-state index in [1.54, 1.807) is 18.3 Å². The molecule has 0 bridgehead atoms. The molecule has 4 rings (SSSR count). The van der Waals surface area contributed by atoms with Gasteiger partial charge in [-0.3, -0.25) is 9.59 Å². The van der Waals surface area contributed by atoms with Gasteiger partial charge in [0.2, 0.25) is 11.8 Å². The Balaban J connectivity index is 1.29. The first-order valence-electron chi connectivity index (χ1n) is 10.5. The molecule has 0 aliphatic carbocycles. The summed E-state index contributed by atoms with van der Waals surface area (Å²) in [5, 5.41) is 14.1. The van der Waals surface area contributed by atoms with E-state index in [1.807, 2.05) is 66.7 Å². The molecule has 0 unspecified atom stereocenters. The molecule has 3 aromatic carbocycles. The van der Waals surface area contributed by atoms with E-state index in [-0.39, 0.29) is 18.2 Å². The zero-order valence-corrected chi connectivity index (χ0v) is 19.6. The van der Waals surface area contributed by atoms with E-state index in [2.05, 4.69) is 20.8 Å². The standard InChI is InChI=1S/C25H21ClN4O3S/c26-19-11-9-17(10-12-19)16-33-21-8-4-5-18(13-21)15-27-30-25-29-24(32)22(34-25)14-23(31)28-20-6-2-1-3-7-20/h1-13,15,22H,14,16H2,(H,28,31)(H,29,30,32)/b27-15-/t22-/m1/s1. The second-order valence-corrected chi connectivity index (χ2v) is 8.98. The third kappa shape index (κ3) is 6.94. The minimum Gasteiger partial charge on any atom is -0.489 e. The van der Waals surface area contributed by atoms with E-state index in [9.17, 15) is 9.59 Å². The minimum atomic E-state index is -0.553. The lowest BCUT2D eigenvalue weighted by Crippen LogP contribution is -2.28. The number of carbonyl (C=O) groups excluding carboxylic acids is 2. The zero-order chi connectivity index (χ0) is 23.8. The van der Waals surface area contributed by atoms with Gasteiger partial charge < -0.3 is 15.4 Å². The summed E-state index contributed by atoms with van der Waals surface area (Å²) in [6, 6.07) is 24.0. The van der Waals surface area contributed by atoms with E-state index in [0.717, 1.165) is 11.1 Å². The van der Waals surface area contributed by atoms with Crippen molar-refractivity contribution in [3.05, 3.63) is 95.0 Å². The highest BCUT2D eigenvalue weighted by molar-refractivity contribution is 8.15. The van der Waals surface area contributed by atoms with E-state index in [1.165, 1.54) is 11.8 Å². The van der Waals surface area contributed by atoms with Crippen molar-refractivity contribution in [3.63, 3.8) is 0 Å². The molecule has 1 heterocycles. The monoisotopic (exact) mass is 492 g/mol. The number of benzene rings is 3. The predicted molar refractivity (Wildman–Crippen MR) is 136 cm³/mol. The highest BCUT2D eigenvalue weighted by Crippen LogP contribution is 2.23.